The fourth-order valence-corrected chi connectivity index (χ4v) is 5.97. The number of hydrogen-bond donors (Lipinski definition) is 0. The van der Waals surface area contributed by atoms with Crippen LogP contribution in [-0.2, 0) is 33.1 Å². The fourth-order valence-electron chi connectivity index (χ4n) is 4.12. The molecule has 0 radical (unpaired) electrons. The normalized spacial score (nSPS) is 13.6. The first-order chi connectivity index (χ1) is 14.1. The third kappa shape index (κ3) is 4.56. The van der Waals surface area contributed by atoms with Crippen molar-refractivity contribution in [1.82, 2.24) is 4.98 Å². The average molecular weight is 485 g/mol. The van der Waals surface area contributed by atoms with Crippen molar-refractivity contribution in [3.05, 3.63) is 86.4 Å². The van der Waals surface area contributed by atoms with Gasteiger partial charge in [0, 0.05) is 18.2 Å². The summed E-state index contributed by atoms with van der Waals surface area (Å²) in [5, 5.41) is 0.475. The second-order valence-corrected chi connectivity index (χ2v) is 9.94. The van der Waals surface area contributed by atoms with Crippen LogP contribution in [0, 0.1) is 0 Å². The predicted molar refractivity (Wildman–Crippen MR) is 105 cm³/mol. The molecule has 152 valence electrons. The Hall–Kier alpha value is -0.850. The summed E-state index contributed by atoms with van der Waals surface area (Å²) >= 11 is 0. The Bertz CT molecular complexity index is 1600. The molecule has 1 aromatic heterocycles. The van der Waals surface area contributed by atoms with Crippen LogP contribution < -0.4 is 69.6 Å². The Morgan fingerprint density at radius 3 is 1.97 bits per heavy atom. The van der Waals surface area contributed by atoms with Gasteiger partial charge < -0.3 is 9.11 Å². The minimum Gasteiger partial charge on any atom is -0.744 e. The van der Waals surface area contributed by atoms with Gasteiger partial charge in [0.15, 0.2) is 5.03 Å². The summed E-state index contributed by atoms with van der Waals surface area (Å²) in [6.07, 6.45) is 5.64. The molecular formula is C21H13NNa2O6S2. The van der Waals surface area contributed by atoms with Crippen molar-refractivity contribution in [2.45, 2.75) is 22.8 Å². The first kappa shape index (κ1) is 25.8. The van der Waals surface area contributed by atoms with Crippen LogP contribution in [0.1, 0.15) is 33.4 Å². The maximum Gasteiger partial charge on any atom is 1.00 e. The quantitative estimate of drug-likeness (QED) is 0.180. The van der Waals surface area contributed by atoms with E-state index in [0.717, 1.165) is 33.7 Å². The third-order valence-corrected chi connectivity index (χ3v) is 7.26. The first-order valence-electron chi connectivity index (χ1n) is 8.98. The molecule has 7 nitrogen and oxygen atoms in total. The van der Waals surface area contributed by atoms with Crippen molar-refractivity contribution in [3.8, 4) is 0 Å². The van der Waals surface area contributed by atoms with Crippen LogP contribution in [0.4, 0.5) is 0 Å². The van der Waals surface area contributed by atoms with Gasteiger partial charge in [0.05, 0.1) is 4.90 Å². The predicted octanol–water partition coefficient (Wildman–Crippen LogP) is -5.64. The van der Waals surface area contributed by atoms with Crippen LogP contribution in [0.2, 0.25) is 0 Å². The Morgan fingerprint density at radius 1 is 0.750 bits per heavy atom. The van der Waals surface area contributed by atoms with E-state index in [1.807, 2.05) is 36.4 Å². The summed E-state index contributed by atoms with van der Waals surface area (Å²) in [6, 6.07) is 11.9. The van der Waals surface area contributed by atoms with E-state index in [4.69, 9.17) is 0 Å². The molecular weight excluding hydrogens is 472 g/mol. The number of aromatic nitrogens is 1. The van der Waals surface area contributed by atoms with Gasteiger partial charge >= 0.3 is 59.1 Å². The van der Waals surface area contributed by atoms with E-state index in [-0.39, 0.29) is 71.1 Å². The van der Waals surface area contributed by atoms with E-state index in [9.17, 15) is 25.9 Å². The Kier molecular flexibility index (Phi) is 7.30. The second-order valence-electron chi connectivity index (χ2n) is 7.33. The van der Waals surface area contributed by atoms with Crippen LogP contribution in [0.15, 0.2) is 52.5 Å². The summed E-state index contributed by atoms with van der Waals surface area (Å²) in [5.41, 5.74) is 4.52. The zero-order valence-corrected chi connectivity index (χ0v) is 23.0. The molecule has 32 heavy (non-hydrogen) atoms. The molecule has 0 spiro atoms. The molecule has 5 rings (SSSR count). The van der Waals surface area contributed by atoms with Gasteiger partial charge in [-0.2, -0.15) is 0 Å². The van der Waals surface area contributed by atoms with E-state index in [1.165, 1.54) is 6.08 Å². The van der Waals surface area contributed by atoms with E-state index >= 15 is 0 Å². The van der Waals surface area contributed by atoms with Gasteiger partial charge in [-0.1, -0.05) is 36.4 Å². The topological polar surface area (TPSA) is 127 Å². The van der Waals surface area contributed by atoms with Crippen molar-refractivity contribution in [2.75, 3.05) is 0 Å². The van der Waals surface area contributed by atoms with Gasteiger partial charge in [0.25, 0.3) is 0 Å². The molecule has 0 bridgehead atoms. The molecule has 0 aliphatic heterocycles. The zero-order valence-electron chi connectivity index (χ0n) is 17.3. The SMILES string of the molecule is O=S(=O)([O-])c1ncc2c(c1S(=O)(=O)[O-])C=c1cc3c(cc1C2)=Cc1ccccc1C3.[Na+].[Na+]. The fraction of sp³-hybridized carbons (Fsp3) is 0.0952. The van der Waals surface area contributed by atoms with E-state index in [0.29, 0.717) is 17.2 Å². The minimum absolute atomic E-state index is 0. The van der Waals surface area contributed by atoms with Crippen molar-refractivity contribution in [1.29, 1.82) is 0 Å². The number of fused-ring (bicyclic) bond motifs is 4. The number of pyridine rings is 1. The number of benzene rings is 2. The maximum atomic E-state index is 11.8. The molecule has 3 aromatic rings. The van der Waals surface area contributed by atoms with E-state index in [1.54, 1.807) is 0 Å². The molecule has 2 aliphatic carbocycles. The summed E-state index contributed by atoms with van der Waals surface area (Å²) in [7, 11) is -10.5. The molecule has 0 N–H and O–H groups in total. The van der Waals surface area contributed by atoms with Crippen LogP contribution in [0.3, 0.4) is 0 Å². The molecule has 0 amide bonds. The minimum atomic E-state index is -5.25. The summed E-state index contributed by atoms with van der Waals surface area (Å²) in [5.74, 6) is 0. The van der Waals surface area contributed by atoms with Crippen LogP contribution >= 0.6 is 0 Å². The molecule has 0 fully saturated rings. The summed E-state index contributed by atoms with van der Waals surface area (Å²) in [6.45, 7) is 0. The van der Waals surface area contributed by atoms with Gasteiger partial charge in [0.2, 0.25) is 0 Å². The number of nitrogens with zero attached hydrogens (tertiary/aromatic N) is 1. The number of hydrogen-bond acceptors (Lipinski definition) is 7. The molecule has 2 aromatic carbocycles. The summed E-state index contributed by atoms with van der Waals surface area (Å²) < 4.78 is 70.0. The molecule has 0 saturated carbocycles. The van der Waals surface area contributed by atoms with Crippen molar-refractivity contribution >= 4 is 32.4 Å². The van der Waals surface area contributed by atoms with Crippen LogP contribution in [-0.4, -0.2) is 30.9 Å². The van der Waals surface area contributed by atoms with Gasteiger partial charge in [0.1, 0.15) is 20.2 Å². The van der Waals surface area contributed by atoms with E-state index in [2.05, 4.69) is 11.1 Å². The van der Waals surface area contributed by atoms with Crippen molar-refractivity contribution in [3.63, 3.8) is 0 Å². The average Bonchev–Trinajstić information content (AvgIpc) is 2.66. The van der Waals surface area contributed by atoms with Crippen molar-refractivity contribution < 1.29 is 85.1 Å². The Labute approximate surface area is 229 Å². The first-order valence-corrected chi connectivity index (χ1v) is 11.8. The molecule has 0 saturated heterocycles. The molecule has 0 unspecified atom stereocenters. The van der Waals surface area contributed by atoms with E-state index < -0.39 is 30.2 Å². The van der Waals surface area contributed by atoms with Crippen LogP contribution in [0.5, 0.6) is 0 Å². The second kappa shape index (κ2) is 9.07. The van der Waals surface area contributed by atoms with Gasteiger partial charge in [-0.3, -0.25) is 0 Å². The van der Waals surface area contributed by atoms with Crippen molar-refractivity contribution in [2.24, 2.45) is 0 Å². The third-order valence-electron chi connectivity index (χ3n) is 5.44. The zero-order chi connectivity index (χ0) is 21.3. The number of rotatable bonds is 2. The molecule has 1 heterocycles. The van der Waals surface area contributed by atoms with Gasteiger partial charge in [-0.25, -0.2) is 21.8 Å². The largest absolute Gasteiger partial charge is 1.00 e. The smallest absolute Gasteiger partial charge is 0.744 e. The molecule has 0 atom stereocenters. The maximum absolute atomic E-state index is 11.8. The monoisotopic (exact) mass is 485 g/mol. The molecule has 11 heteroatoms. The van der Waals surface area contributed by atoms with Gasteiger partial charge in [-0.15, -0.1) is 0 Å². The van der Waals surface area contributed by atoms with Crippen LogP contribution in [0.25, 0.3) is 12.2 Å². The molecule has 2 aliphatic rings. The standard InChI is InChI=1S/C21H15NO6S2.2Na/c23-29(24,25)20-19-10-17-8-15-6-13-4-2-1-3-12(13)5-14(15)7-16(17)9-18(19)11-22-21(20)30(26,27)28;;/h1-5,7-8,10-11H,6,9H2,(H,23,24,25)(H,26,27,28);;/q;2*+1/p-2. The van der Waals surface area contributed by atoms with Gasteiger partial charge in [-0.05, 0) is 56.8 Å². The Morgan fingerprint density at radius 2 is 1.34 bits per heavy atom. The summed E-state index contributed by atoms with van der Waals surface area (Å²) in [4.78, 5) is 2.44. The Balaban J connectivity index is 0.00000144.